The van der Waals surface area contributed by atoms with Crippen molar-refractivity contribution in [1.82, 2.24) is 4.90 Å². The second-order valence-electron chi connectivity index (χ2n) is 9.16. The number of carbonyl (C=O) groups is 2. The van der Waals surface area contributed by atoms with E-state index in [4.69, 9.17) is 15.2 Å². The molecule has 188 valence electrons. The lowest BCUT2D eigenvalue weighted by atomic mass is 9.86. The van der Waals surface area contributed by atoms with E-state index in [1.165, 1.54) is 11.6 Å². The molecule has 0 saturated carbocycles. The summed E-state index contributed by atoms with van der Waals surface area (Å²) >= 11 is 0. The van der Waals surface area contributed by atoms with Gasteiger partial charge in [0.25, 0.3) is 5.91 Å². The minimum Gasteiger partial charge on any atom is -0.484 e. The first kappa shape index (κ1) is 25.4. The van der Waals surface area contributed by atoms with Gasteiger partial charge in [-0.3, -0.25) is 9.69 Å². The van der Waals surface area contributed by atoms with Crippen molar-refractivity contribution in [3.05, 3.63) is 102 Å². The molecule has 1 aliphatic heterocycles. The lowest BCUT2D eigenvalue weighted by Crippen LogP contribution is -2.40. The van der Waals surface area contributed by atoms with Crippen LogP contribution in [0.5, 0.6) is 5.75 Å². The van der Waals surface area contributed by atoms with Crippen molar-refractivity contribution >= 4 is 11.9 Å². The number of rotatable bonds is 10. The molecule has 1 atom stereocenters. The summed E-state index contributed by atoms with van der Waals surface area (Å²) in [6.45, 7) is 2.71. The molecule has 1 saturated heterocycles. The quantitative estimate of drug-likeness (QED) is 0.425. The molecule has 7 nitrogen and oxygen atoms in total. The Labute approximate surface area is 211 Å². The van der Waals surface area contributed by atoms with Crippen LogP contribution in [0.1, 0.15) is 29.5 Å². The zero-order valence-corrected chi connectivity index (χ0v) is 20.2. The molecule has 3 N–H and O–H groups in total. The Morgan fingerprint density at radius 2 is 1.56 bits per heavy atom. The van der Waals surface area contributed by atoms with Crippen LogP contribution in [0.25, 0.3) is 0 Å². The van der Waals surface area contributed by atoms with Gasteiger partial charge in [0.15, 0.2) is 6.61 Å². The molecule has 1 aliphatic rings. The number of carbonyl (C=O) groups excluding carboxylic acids is 2. The maximum absolute atomic E-state index is 13.4. The average molecular weight is 489 g/mol. The first-order chi connectivity index (χ1) is 17.4. The highest BCUT2D eigenvalue weighted by Crippen LogP contribution is 2.33. The van der Waals surface area contributed by atoms with E-state index in [1.807, 2.05) is 12.1 Å². The maximum atomic E-state index is 13.4. The van der Waals surface area contributed by atoms with Crippen LogP contribution in [-0.2, 0) is 26.5 Å². The van der Waals surface area contributed by atoms with Crippen molar-refractivity contribution in [1.29, 1.82) is 0 Å². The van der Waals surface area contributed by atoms with E-state index in [2.05, 4.69) is 29.2 Å². The Morgan fingerprint density at radius 3 is 2.22 bits per heavy atom. The van der Waals surface area contributed by atoms with E-state index in [0.29, 0.717) is 16.9 Å². The molecule has 0 radical (unpaired) electrons. The highest BCUT2D eigenvalue weighted by Gasteiger charge is 2.42. The fourth-order valence-corrected chi connectivity index (χ4v) is 4.50. The molecule has 36 heavy (non-hydrogen) atoms. The highest BCUT2D eigenvalue weighted by molar-refractivity contribution is 5.85. The van der Waals surface area contributed by atoms with Gasteiger partial charge >= 0.3 is 5.97 Å². The third kappa shape index (κ3) is 6.30. The van der Waals surface area contributed by atoms with Gasteiger partial charge < -0.3 is 20.3 Å². The van der Waals surface area contributed by atoms with Crippen LogP contribution in [0.3, 0.4) is 0 Å². The van der Waals surface area contributed by atoms with E-state index in [0.717, 1.165) is 32.5 Å². The van der Waals surface area contributed by atoms with E-state index in [9.17, 15) is 14.7 Å². The molecule has 1 amide bonds. The third-order valence-electron chi connectivity index (χ3n) is 6.53. The Hall–Kier alpha value is -3.68. The maximum Gasteiger partial charge on any atom is 0.347 e. The van der Waals surface area contributed by atoms with Gasteiger partial charge in [0.2, 0.25) is 5.60 Å². The van der Waals surface area contributed by atoms with Crippen LogP contribution in [0.2, 0.25) is 0 Å². The van der Waals surface area contributed by atoms with E-state index < -0.39 is 17.5 Å². The minimum absolute atomic E-state index is 0.228. The van der Waals surface area contributed by atoms with Gasteiger partial charge in [-0.05, 0) is 55.1 Å². The first-order valence-corrected chi connectivity index (χ1v) is 12.2. The largest absolute Gasteiger partial charge is 0.484 e. The fourth-order valence-electron chi connectivity index (χ4n) is 4.50. The molecule has 0 aromatic heterocycles. The van der Waals surface area contributed by atoms with E-state index in [-0.39, 0.29) is 19.1 Å². The van der Waals surface area contributed by atoms with Crippen molar-refractivity contribution < 1.29 is 24.2 Å². The molecule has 1 heterocycles. The summed E-state index contributed by atoms with van der Waals surface area (Å²) < 4.78 is 11.1. The van der Waals surface area contributed by atoms with Crippen molar-refractivity contribution in [2.75, 3.05) is 26.3 Å². The van der Waals surface area contributed by atoms with Gasteiger partial charge in [-0.25, -0.2) is 4.79 Å². The lowest BCUT2D eigenvalue weighted by Gasteiger charge is -2.33. The molecule has 3 aromatic carbocycles. The number of nitrogens with zero attached hydrogens (tertiary/aromatic N) is 1. The Bertz CT molecular complexity index is 1150. The second kappa shape index (κ2) is 11.8. The molecule has 0 spiro atoms. The second-order valence-corrected chi connectivity index (χ2v) is 9.16. The van der Waals surface area contributed by atoms with Gasteiger partial charge in [-0.2, -0.15) is 0 Å². The van der Waals surface area contributed by atoms with Crippen LogP contribution in [0.15, 0.2) is 84.9 Å². The van der Waals surface area contributed by atoms with Gasteiger partial charge in [0.05, 0.1) is 6.61 Å². The number of esters is 1. The number of benzene rings is 3. The normalized spacial score (nSPS) is 16.1. The van der Waals surface area contributed by atoms with Crippen molar-refractivity contribution in [3.8, 4) is 5.75 Å². The lowest BCUT2D eigenvalue weighted by molar-refractivity contribution is -0.164. The smallest absolute Gasteiger partial charge is 0.347 e. The van der Waals surface area contributed by atoms with Crippen molar-refractivity contribution in [2.45, 2.75) is 25.0 Å². The molecule has 1 fully saturated rings. The average Bonchev–Trinajstić information content (AvgIpc) is 2.92. The molecule has 3 aromatic rings. The molecule has 0 unspecified atom stereocenters. The zero-order chi connectivity index (χ0) is 25.4. The number of aliphatic hydroxyl groups is 1. The van der Waals surface area contributed by atoms with Gasteiger partial charge in [0, 0.05) is 12.1 Å². The third-order valence-corrected chi connectivity index (χ3v) is 6.53. The summed E-state index contributed by atoms with van der Waals surface area (Å²) in [6, 6.07) is 25.5. The van der Waals surface area contributed by atoms with E-state index >= 15 is 0 Å². The minimum atomic E-state index is -2.03. The van der Waals surface area contributed by atoms with Crippen LogP contribution in [-0.4, -0.2) is 48.2 Å². The monoisotopic (exact) mass is 488 g/mol. The molecular formula is C29H32N2O5. The van der Waals surface area contributed by atoms with Crippen molar-refractivity contribution in [3.63, 3.8) is 0 Å². The van der Waals surface area contributed by atoms with Crippen LogP contribution in [0.4, 0.5) is 0 Å². The fraction of sp³-hybridized carbons (Fsp3) is 0.310. The van der Waals surface area contributed by atoms with Gasteiger partial charge in [-0.1, -0.05) is 72.8 Å². The zero-order valence-electron chi connectivity index (χ0n) is 20.2. The number of ether oxygens (including phenoxy) is 2. The van der Waals surface area contributed by atoms with Crippen LogP contribution >= 0.6 is 0 Å². The Kier molecular flexibility index (Phi) is 8.36. The Balaban J connectivity index is 1.42. The Morgan fingerprint density at radius 1 is 0.917 bits per heavy atom. The number of nitrogens with two attached hydrogens (primary N) is 1. The number of primary amides is 1. The topological polar surface area (TPSA) is 102 Å². The molecular weight excluding hydrogens is 456 g/mol. The standard InChI is InChI=1S/C29H32N2O5/c30-27(32)21-35-26-13-7-12-25(18-26)29(34,24-10-5-2-6-11-24)28(33)36-20-23-14-16-31(17-15-23)19-22-8-3-1-4-9-22/h1-13,18,23,34H,14-17,19-21H2,(H2,30,32)/t29-/m0/s1. The molecule has 0 bridgehead atoms. The summed E-state index contributed by atoms with van der Waals surface area (Å²) in [5.41, 5.74) is 5.11. The van der Waals surface area contributed by atoms with E-state index in [1.54, 1.807) is 42.5 Å². The number of hydrogen-bond acceptors (Lipinski definition) is 6. The number of hydrogen-bond donors (Lipinski definition) is 2. The van der Waals surface area contributed by atoms with Crippen LogP contribution in [0, 0.1) is 5.92 Å². The number of piperidine rings is 1. The highest BCUT2D eigenvalue weighted by atomic mass is 16.5. The predicted molar refractivity (Wildman–Crippen MR) is 136 cm³/mol. The number of likely N-dealkylation sites (tertiary alicyclic amines) is 1. The molecule has 0 aliphatic carbocycles. The number of amides is 1. The first-order valence-electron chi connectivity index (χ1n) is 12.2. The summed E-state index contributed by atoms with van der Waals surface area (Å²) in [7, 11) is 0. The van der Waals surface area contributed by atoms with Crippen LogP contribution < -0.4 is 10.5 Å². The molecule has 4 rings (SSSR count). The summed E-state index contributed by atoms with van der Waals surface area (Å²) in [4.78, 5) is 26.9. The predicted octanol–water partition coefficient (Wildman–Crippen LogP) is 3.24. The SMILES string of the molecule is NC(=O)COc1cccc([C@](O)(C(=O)OCC2CCN(Cc3ccccc3)CC2)c2ccccc2)c1. The molecule has 7 heteroatoms. The van der Waals surface area contributed by atoms with Gasteiger partial charge in [0.1, 0.15) is 5.75 Å². The summed E-state index contributed by atoms with van der Waals surface area (Å²) in [6.07, 6.45) is 1.83. The summed E-state index contributed by atoms with van der Waals surface area (Å²) in [5.74, 6) is -0.814. The van der Waals surface area contributed by atoms with Gasteiger partial charge in [-0.15, -0.1) is 0 Å². The summed E-state index contributed by atoms with van der Waals surface area (Å²) in [5, 5.41) is 11.7. The van der Waals surface area contributed by atoms with Crippen molar-refractivity contribution in [2.24, 2.45) is 11.7 Å².